The monoisotopic (exact) mass is 283 g/mol. The first-order valence-electron chi connectivity index (χ1n) is 6.61. The zero-order valence-corrected chi connectivity index (χ0v) is 12.5. The van der Waals surface area contributed by atoms with Crippen molar-refractivity contribution < 1.29 is 9.53 Å². The third-order valence-electron chi connectivity index (χ3n) is 3.85. The van der Waals surface area contributed by atoms with Crippen molar-refractivity contribution in [3.63, 3.8) is 0 Å². The van der Waals surface area contributed by atoms with E-state index in [0.29, 0.717) is 12.3 Å². The zero-order valence-electron chi connectivity index (χ0n) is 11.7. The predicted molar refractivity (Wildman–Crippen MR) is 76.8 cm³/mol. The average molecular weight is 283 g/mol. The van der Waals surface area contributed by atoms with Crippen LogP contribution in [0.25, 0.3) is 0 Å². The molecule has 1 aliphatic carbocycles. The smallest absolute Gasteiger partial charge is 0.360 e. The van der Waals surface area contributed by atoms with E-state index in [9.17, 15) is 4.79 Å². The lowest BCUT2D eigenvalue weighted by atomic mass is 9.75. The fourth-order valence-electron chi connectivity index (χ4n) is 2.33. The van der Waals surface area contributed by atoms with Gasteiger partial charge in [-0.2, -0.15) is 0 Å². The second kappa shape index (κ2) is 5.88. The van der Waals surface area contributed by atoms with E-state index in [1.54, 1.807) is 12.4 Å². The number of nitrogens with one attached hydrogen (secondary N) is 1. The predicted octanol–water partition coefficient (Wildman–Crippen LogP) is 2.22. The lowest BCUT2D eigenvalue weighted by Crippen LogP contribution is -2.54. The SMILES string of the molecule is CCOC(=O)c1ncsc1NCC1(N(C)C)CCC1. The van der Waals surface area contributed by atoms with Gasteiger partial charge >= 0.3 is 5.97 Å². The van der Waals surface area contributed by atoms with E-state index in [0.717, 1.165) is 11.5 Å². The first kappa shape index (κ1) is 14.3. The van der Waals surface area contributed by atoms with Crippen molar-refractivity contribution in [3.05, 3.63) is 11.2 Å². The third-order valence-corrected chi connectivity index (χ3v) is 4.63. The molecule has 1 aromatic heterocycles. The molecule has 0 amide bonds. The molecule has 0 aromatic carbocycles. The number of aromatic nitrogens is 1. The van der Waals surface area contributed by atoms with E-state index in [1.165, 1.54) is 30.6 Å². The van der Waals surface area contributed by atoms with Crippen molar-refractivity contribution in [2.24, 2.45) is 0 Å². The maximum absolute atomic E-state index is 11.7. The van der Waals surface area contributed by atoms with Gasteiger partial charge in [0.25, 0.3) is 0 Å². The van der Waals surface area contributed by atoms with Gasteiger partial charge in [0.1, 0.15) is 5.00 Å². The van der Waals surface area contributed by atoms with E-state index >= 15 is 0 Å². The largest absolute Gasteiger partial charge is 0.461 e. The Hall–Kier alpha value is -1.14. The van der Waals surface area contributed by atoms with E-state index in [2.05, 4.69) is 29.3 Å². The van der Waals surface area contributed by atoms with Gasteiger partial charge in [-0.3, -0.25) is 0 Å². The minimum atomic E-state index is -0.348. The number of ether oxygens (including phenoxy) is 1. The van der Waals surface area contributed by atoms with E-state index in [-0.39, 0.29) is 11.5 Å². The van der Waals surface area contributed by atoms with E-state index in [4.69, 9.17) is 4.74 Å². The maximum atomic E-state index is 11.7. The highest BCUT2D eigenvalue weighted by Gasteiger charge is 2.39. The molecule has 106 valence electrons. The fourth-order valence-corrected chi connectivity index (χ4v) is 2.99. The number of hydrogen-bond acceptors (Lipinski definition) is 6. The molecule has 0 saturated heterocycles. The highest BCUT2D eigenvalue weighted by molar-refractivity contribution is 7.14. The molecule has 6 heteroatoms. The molecule has 0 radical (unpaired) electrons. The van der Waals surface area contributed by atoms with Crippen LogP contribution in [0.4, 0.5) is 5.00 Å². The Morgan fingerprint density at radius 2 is 2.32 bits per heavy atom. The third kappa shape index (κ3) is 2.90. The van der Waals surface area contributed by atoms with Crippen molar-refractivity contribution in [2.45, 2.75) is 31.7 Å². The number of anilines is 1. The quantitative estimate of drug-likeness (QED) is 0.811. The Bertz CT molecular complexity index is 441. The molecule has 1 aliphatic rings. The Balaban J connectivity index is 2.00. The summed E-state index contributed by atoms with van der Waals surface area (Å²) in [5, 5.41) is 4.18. The molecule has 5 nitrogen and oxygen atoms in total. The molecule has 19 heavy (non-hydrogen) atoms. The zero-order chi connectivity index (χ0) is 13.9. The summed E-state index contributed by atoms with van der Waals surface area (Å²) in [4.78, 5) is 18.1. The molecule has 0 bridgehead atoms. The second-order valence-corrected chi connectivity index (χ2v) is 5.93. The molecular formula is C13H21N3O2S. The average Bonchev–Trinajstić information content (AvgIpc) is 2.75. The molecule has 1 fully saturated rings. The summed E-state index contributed by atoms with van der Waals surface area (Å²) in [5.41, 5.74) is 2.30. The molecule has 1 heterocycles. The number of rotatable bonds is 6. The summed E-state index contributed by atoms with van der Waals surface area (Å²) in [5.74, 6) is -0.348. The molecule has 2 rings (SSSR count). The standard InChI is InChI=1S/C13H21N3O2S/c1-4-18-12(17)10-11(19-9-15-10)14-8-13(16(2)3)6-5-7-13/h9,14H,4-8H2,1-3H3. The van der Waals surface area contributed by atoms with Crippen molar-refractivity contribution in [3.8, 4) is 0 Å². The van der Waals surface area contributed by atoms with Crippen LogP contribution in [-0.4, -0.2) is 48.6 Å². The van der Waals surface area contributed by atoms with E-state index < -0.39 is 0 Å². The Morgan fingerprint density at radius 1 is 1.58 bits per heavy atom. The van der Waals surface area contributed by atoms with E-state index in [1.807, 2.05) is 0 Å². The van der Waals surface area contributed by atoms with Crippen LogP contribution < -0.4 is 5.32 Å². The van der Waals surface area contributed by atoms with Crippen LogP contribution in [0.2, 0.25) is 0 Å². The molecule has 1 N–H and O–H groups in total. The number of likely N-dealkylation sites (N-methyl/N-ethyl adjacent to an activating group) is 1. The van der Waals surface area contributed by atoms with Crippen LogP contribution in [-0.2, 0) is 4.74 Å². The number of carbonyl (C=O) groups is 1. The van der Waals surface area contributed by atoms with Gasteiger partial charge in [-0.1, -0.05) is 0 Å². The second-order valence-electron chi connectivity index (χ2n) is 5.08. The number of thiazole rings is 1. The van der Waals surface area contributed by atoms with Gasteiger partial charge in [-0.25, -0.2) is 9.78 Å². The first-order chi connectivity index (χ1) is 9.09. The van der Waals surface area contributed by atoms with Crippen LogP contribution in [0.1, 0.15) is 36.7 Å². The summed E-state index contributed by atoms with van der Waals surface area (Å²) in [6.45, 7) is 3.01. The molecular weight excluding hydrogens is 262 g/mol. The lowest BCUT2D eigenvalue weighted by molar-refractivity contribution is 0.0520. The van der Waals surface area contributed by atoms with Gasteiger partial charge in [-0.05, 0) is 40.3 Å². The Labute approximate surface area is 118 Å². The number of nitrogens with zero attached hydrogens (tertiary/aromatic N) is 2. The van der Waals surface area contributed by atoms with Crippen LogP contribution in [0.3, 0.4) is 0 Å². The minimum Gasteiger partial charge on any atom is -0.461 e. The van der Waals surface area contributed by atoms with Crippen LogP contribution in [0.5, 0.6) is 0 Å². The topological polar surface area (TPSA) is 54.5 Å². The molecule has 1 aromatic rings. The fraction of sp³-hybridized carbons (Fsp3) is 0.692. The number of esters is 1. The molecule has 0 aliphatic heterocycles. The number of hydrogen-bond donors (Lipinski definition) is 1. The van der Waals surface area contributed by atoms with Crippen LogP contribution in [0, 0.1) is 0 Å². The minimum absolute atomic E-state index is 0.218. The van der Waals surface area contributed by atoms with Gasteiger partial charge in [0.2, 0.25) is 0 Å². The molecule has 1 saturated carbocycles. The maximum Gasteiger partial charge on any atom is 0.360 e. The van der Waals surface area contributed by atoms with Gasteiger partial charge in [0.15, 0.2) is 5.69 Å². The Kier molecular flexibility index (Phi) is 4.42. The summed E-state index contributed by atoms with van der Waals surface area (Å²) in [6.07, 6.45) is 3.66. The van der Waals surface area contributed by atoms with Crippen molar-refractivity contribution >= 4 is 22.3 Å². The molecule has 0 spiro atoms. The van der Waals surface area contributed by atoms with Gasteiger partial charge < -0.3 is 15.0 Å². The van der Waals surface area contributed by atoms with Gasteiger partial charge in [-0.15, -0.1) is 11.3 Å². The summed E-state index contributed by atoms with van der Waals surface area (Å²) in [6, 6.07) is 0. The van der Waals surface area contributed by atoms with Gasteiger partial charge in [0.05, 0.1) is 12.1 Å². The normalized spacial score (nSPS) is 17.1. The van der Waals surface area contributed by atoms with Crippen LogP contribution in [0.15, 0.2) is 5.51 Å². The lowest BCUT2D eigenvalue weighted by Gasteiger charge is -2.47. The summed E-state index contributed by atoms with van der Waals surface area (Å²) in [7, 11) is 4.22. The highest BCUT2D eigenvalue weighted by atomic mass is 32.1. The highest BCUT2D eigenvalue weighted by Crippen LogP contribution is 2.36. The van der Waals surface area contributed by atoms with Gasteiger partial charge in [0, 0.05) is 12.1 Å². The number of carbonyl (C=O) groups excluding carboxylic acids is 1. The Morgan fingerprint density at radius 3 is 2.84 bits per heavy atom. The first-order valence-corrected chi connectivity index (χ1v) is 7.49. The summed E-state index contributed by atoms with van der Waals surface area (Å²) < 4.78 is 5.00. The van der Waals surface area contributed by atoms with Crippen molar-refractivity contribution in [2.75, 3.05) is 32.6 Å². The molecule has 0 unspecified atom stereocenters. The van der Waals surface area contributed by atoms with Crippen molar-refractivity contribution in [1.29, 1.82) is 0 Å². The molecule has 0 atom stereocenters. The summed E-state index contributed by atoms with van der Waals surface area (Å²) >= 11 is 1.45. The van der Waals surface area contributed by atoms with Crippen molar-refractivity contribution in [1.82, 2.24) is 9.88 Å². The van der Waals surface area contributed by atoms with Crippen LogP contribution >= 0.6 is 11.3 Å².